The third-order valence-electron chi connectivity index (χ3n) is 2.51. The highest BCUT2D eigenvalue weighted by atomic mass is 16.4. The van der Waals surface area contributed by atoms with Crippen LogP contribution in [0.5, 0.6) is 5.75 Å². The molecular weight excluding hydrogens is 240 g/mol. The Labute approximate surface area is 99.9 Å². The number of rotatable bonds is 3. The number of aromatic nitrogens is 2. The summed E-state index contributed by atoms with van der Waals surface area (Å²) >= 11 is 0. The summed E-state index contributed by atoms with van der Waals surface area (Å²) in [5.41, 5.74) is -0.986. The van der Waals surface area contributed by atoms with Gasteiger partial charge < -0.3 is 15.2 Å². The van der Waals surface area contributed by atoms with E-state index in [4.69, 9.17) is 5.11 Å². The molecule has 0 atom stereocenters. The standard InChI is InChI=1S/C11H10N2O5/c14-6-1-2-8-7(5-6)10(17)13(11(18)12-8)4-3-9(15)16/h1-2,5,14H,3-4H2,(H,12,18)(H,15,16). The number of nitrogens with zero attached hydrogens (tertiary/aromatic N) is 1. The highest BCUT2D eigenvalue weighted by molar-refractivity contribution is 5.78. The molecule has 18 heavy (non-hydrogen) atoms. The van der Waals surface area contributed by atoms with E-state index >= 15 is 0 Å². The molecule has 2 rings (SSSR count). The summed E-state index contributed by atoms with van der Waals surface area (Å²) in [6.45, 7) is -0.213. The van der Waals surface area contributed by atoms with E-state index < -0.39 is 17.2 Å². The Morgan fingerprint density at radius 1 is 1.33 bits per heavy atom. The largest absolute Gasteiger partial charge is 0.508 e. The first-order valence-corrected chi connectivity index (χ1v) is 5.16. The Morgan fingerprint density at radius 3 is 2.72 bits per heavy atom. The normalized spacial score (nSPS) is 10.7. The SMILES string of the molecule is O=C(O)CCn1c(=O)[nH]c2ccc(O)cc2c1=O. The number of hydrogen-bond acceptors (Lipinski definition) is 4. The minimum absolute atomic E-state index is 0.101. The van der Waals surface area contributed by atoms with Gasteiger partial charge in [0.15, 0.2) is 0 Å². The van der Waals surface area contributed by atoms with E-state index in [9.17, 15) is 19.5 Å². The molecule has 94 valence electrons. The van der Waals surface area contributed by atoms with Crippen LogP contribution in [0.1, 0.15) is 6.42 Å². The Balaban J connectivity index is 2.64. The number of fused-ring (bicyclic) bond motifs is 1. The number of benzene rings is 1. The maximum absolute atomic E-state index is 12.0. The average Bonchev–Trinajstić information content (AvgIpc) is 2.30. The number of aromatic hydroxyl groups is 1. The van der Waals surface area contributed by atoms with Crippen LogP contribution in [0, 0.1) is 0 Å². The summed E-state index contributed by atoms with van der Waals surface area (Å²) < 4.78 is 0.801. The number of carbonyl (C=O) groups is 1. The lowest BCUT2D eigenvalue weighted by Gasteiger charge is -2.04. The molecule has 0 saturated carbocycles. The van der Waals surface area contributed by atoms with Crippen LogP contribution in [0.25, 0.3) is 10.9 Å². The van der Waals surface area contributed by atoms with E-state index in [1.807, 2.05) is 0 Å². The zero-order chi connectivity index (χ0) is 13.3. The first kappa shape index (κ1) is 11.9. The number of aliphatic carboxylic acids is 1. The fourth-order valence-corrected chi connectivity index (χ4v) is 1.65. The van der Waals surface area contributed by atoms with Crippen molar-refractivity contribution in [2.75, 3.05) is 0 Å². The maximum Gasteiger partial charge on any atom is 0.328 e. The molecule has 0 saturated heterocycles. The summed E-state index contributed by atoms with van der Waals surface area (Å²) in [5.74, 6) is -1.20. The number of carboxylic acids is 1. The monoisotopic (exact) mass is 250 g/mol. The fourth-order valence-electron chi connectivity index (χ4n) is 1.65. The number of nitrogens with one attached hydrogen (secondary N) is 1. The maximum atomic E-state index is 12.0. The van der Waals surface area contributed by atoms with Gasteiger partial charge in [-0.3, -0.25) is 14.2 Å². The van der Waals surface area contributed by atoms with Crippen molar-refractivity contribution in [2.45, 2.75) is 13.0 Å². The number of carboxylic acid groups (broad SMARTS) is 1. The molecule has 0 amide bonds. The van der Waals surface area contributed by atoms with Crippen LogP contribution >= 0.6 is 0 Å². The van der Waals surface area contributed by atoms with Gasteiger partial charge in [-0.25, -0.2) is 4.79 Å². The van der Waals surface area contributed by atoms with Gasteiger partial charge in [0.25, 0.3) is 5.56 Å². The minimum atomic E-state index is -1.10. The molecule has 0 fully saturated rings. The molecule has 0 spiro atoms. The molecule has 0 aliphatic carbocycles. The van der Waals surface area contributed by atoms with E-state index in [0.717, 1.165) is 4.57 Å². The number of hydrogen-bond donors (Lipinski definition) is 3. The topological polar surface area (TPSA) is 112 Å². The number of aromatic amines is 1. The quantitative estimate of drug-likeness (QED) is 0.702. The van der Waals surface area contributed by atoms with Gasteiger partial charge in [0.2, 0.25) is 0 Å². The molecule has 3 N–H and O–H groups in total. The molecule has 1 aromatic carbocycles. The van der Waals surface area contributed by atoms with E-state index in [1.165, 1.54) is 18.2 Å². The van der Waals surface area contributed by atoms with Gasteiger partial charge >= 0.3 is 11.7 Å². The molecule has 1 aromatic heterocycles. The van der Waals surface area contributed by atoms with Crippen LogP contribution in [-0.2, 0) is 11.3 Å². The van der Waals surface area contributed by atoms with Crippen LogP contribution in [0.15, 0.2) is 27.8 Å². The second-order valence-electron chi connectivity index (χ2n) is 3.76. The van der Waals surface area contributed by atoms with Crippen LogP contribution < -0.4 is 11.2 Å². The van der Waals surface area contributed by atoms with Gasteiger partial charge in [0.1, 0.15) is 5.75 Å². The van der Waals surface area contributed by atoms with E-state index in [1.54, 1.807) is 0 Å². The Morgan fingerprint density at radius 2 is 2.06 bits per heavy atom. The van der Waals surface area contributed by atoms with Crippen molar-refractivity contribution in [2.24, 2.45) is 0 Å². The van der Waals surface area contributed by atoms with Crippen molar-refractivity contribution in [1.29, 1.82) is 0 Å². The predicted molar refractivity (Wildman–Crippen MR) is 62.7 cm³/mol. The summed E-state index contributed by atoms with van der Waals surface area (Å²) in [7, 11) is 0. The number of H-pyrrole nitrogens is 1. The van der Waals surface area contributed by atoms with E-state index in [0.29, 0.717) is 5.52 Å². The fraction of sp³-hybridized carbons (Fsp3) is 0.182. The molecular formula is C11H10N2O5. The zero-order valence-electron chi connectivity index (χ0n) is 9.21. The lowest BCUT2D eigenvalue weighted by molar-refractivity contribution is -0.137. The van der Waals surface area contributed by atoms with Crippen LogP contribution in [0.2, 0.25) is 0 Å². The highest BCUT2D eigenvalue weighted by Crippen LogP contribution is 2.13. The summed E-state index contributed by atoms with van der Waals surface area (Å²) in [5, 5.41) is 18.0. The Hall–Kier alpha value is -2.57. The molecule has 0 aliphatic heterocycles. The van der Waals surface area contributed by atoms with Gasteiger partial charge in [0.05, 0.1) is 17.3 Å². The molecule has 7 heteroatoms. The average molecular weight is 250 g/mol. The molecule has 0 unspecified atom stereocenters. The molecule has 0 aliphatic rings. The second-order valence-corrected chi connectivity index (χ2v) is 3.76. The molecule has 7 nitrogen and oxygen atoms in total. The molecule has 0 radical (unpaired) electrons. The molecule has 1 heterocycles. The Kier molecular flexibility index (Phi) is 2.88. The van der Waals surface area contributed by atoms with Crippen molar-refractivity contribution < 1.29 is 15.0 Å². The predicted octanol–water partition coefficient (Wildman–Crippen LogP) is -0.130. The van der Waals surface area contributed by atoms with E-state index in [-0.39, 0.29) is 24.1 Å². The lowest BCUT2D eigenvalue weighted by atomic mass is 10.2. The molecule has 2 aromatic rings. The second kappa shape index (κ2) is 4.36. The Bertz CT molecular complexity index is 728. The van der Waals surface area contributed by atoms with Gasteiger partial charge in [-0.1, -0.05) is 0 Å². The number of phenols is 1. The highest BCUT2D eigenvalue weighted by Gasteiger charge is 2.09. The lowest BCUT2D eigenvalue weighted by Crippen LogP contribution is -2.35. The van der Waals surface area contributed by atoms with Crippen molar-refractivity contribution in [3.05, 3.63) is 39.0 Å². The summed E-state index contributed by atoms with van der Waals surface area (Å²) in [4.78, 5) is 36.5. The van der Waals surface area contributed by atoms with Crippen LogP contribution in [-0.4, -0.2) is 25.7 Å². The third-order valence-corrected chi connectivity index (χ3v) is 2.51. The van der Waals surface area contributed by atoms with Gasteiger partial charge in [-0.05, 0) is 18.2 Å². The van der Waals surface area contributed by atoms with Gasteiger partial charge in [-0.15, -0.1) is 0 Å². The van der Waals surface area contributed by atoms with Gasteiger partial charge in [0, 0.05) is 6.54 Å². The smallest absolute Gasteiger partial charge is 0.328 e. The van der Waals surface area contributed by atoms with Crippen LogP contribution in [0.4, 0.5) is 0 Å². The first-order chi connectivity index (χ1) is 8.49. The summed E-state index contributed by atoms with van der Waals surface area (Å²) in [6, 6.07) is 3.99. The van der Waals surface area contributed by atoms with Crippen LogP contribution in [0.3, 0.4) is 0 Å². The zero-order valence-corrected chi connectivity index (χ0v) is 9.21. The van der Waals surface area contributed by atoms with Crippen molar-refractivity contribution in [3.63, 3.8) is 0 Å². The molecule has 0 bridgehead atoms. The summed E-state index contributed by atoms with van der Waals surface area (Å²) in [6.07, 6.45) is -0.326. The van der Waals surface area contributed by atoms with Crippen molar-refractivity contribution >= 4 is 16.9 Å². The van der Waals surface area contributed by atoms with Crippen molar-refractivity contribution in [1.82, 2.24) is 9.55 Å². The minimum Gasteiger partial charge on any atom is -0.508 e. The number of phenolic OH excluding ortho intramolecular Hbond substituents is 1. The first-order valence-electron chi connectivity index (χ1n) is 5.16. The third kappa shape index (κ3) is 2.10. The van der Waals surface area contributed by atoms with Crippen molar-refractivity contribution in [3.8, 4) is 5.75 Å². The van der Waals surface area contributed by atoms with Gasteiger partial charge in [-0.2, -0.15) is 0 Å². The van der Waals surface area contributed by atoms with E-state index in [2.05, 4.69) is 4.98 Å².